The molecule has 3 aromatic carbocycles. The minimum absolute atomic E-state index is 0.0124. The Labute approximate surface area is 183 Å². The van der Waals surface area contributed by atoms with Crippen molar-refractivity contribution in [2.45, 2.75) is 25.7 Å². The van der Waals surface area contributed by atoms with E-state index < -0.39 is 15.9 Å². The maximum atomic E-state index is 13.6. The van der Waals surface area contributed by atoms with Crippen molar-refractivity contribution in [3.05, 3.63) is 83.4 Å². The molecule has 0 radical (unpaired) electrons. The normalized spacial score (nSPS) is 11.1. The lowest BCUT2D eigenvalue weighted by Gasteiger charge is -2.25. The fourth-order valence-electron chi connectivity index (χ4n) is 3.22. The summed E-state index contributed by atoms with van der Waals surface area (Å²) in [5.41, 5.74) is 3.79. The fraction of sp³-hybridized carbons (Fsp3) is 0.208. The van der Waals surface area contributed by atoms with Gasteiger partial charge < -0.3 is 10.1 Å². The van der Waals surface area contributed by atoms with Gasteiger partial charge in [-0.3, -0.25) is 9.10 Å². The molecule has 0 aliphatic heterocycles. The highest BCUT2D eigenvalue weighted by Gasteiger charge is 2.30. The molecule has 3 aromatic rings. The summed E-state index contributed by atoms with van der Waals surface area (Å²) in [6.45, 7) is 5.29. The number of amides is 1. The molecule has 0 bridgehead atoms. The monoisotopic (exact) mass is 438 g/mol. The van der Waals surface area contributed by atoms with E-state index in [0.717, 1.165) is 21.0 Å². The number of ether oxygens (including phenoxy) is 1. The van der Waals surface area contributed by atoms with Crippen molar-refractivity contribution < 1.29 is 17.9 Å². The maximum Gasteiger partial charge on any atom is 0.268 e. The minimum atomic E-state index is -4.08. The predicted molar refractivity (Wildman–Crippen MR) is 123 cm³/mol. The van der Waals surface area contributed by atoms with Crippen molar-refractivity contribution in [3.63, 3.8) is 0 Å². The standard InChI is InChI=1S/C24H26N2O4S/c1-17-13-14-22(30-4)23(15-17)31(28,29)26(20-10-6-5-7-11-20)16-24(27)25-21-12-8-9-18(2)19(21)3/h5-15H,16H2,1-4H3,(H,25,27). The molecular formula is C24H26N2O4S. The number of carbonyl (C=O) groups is 1. The third kappa shape index (κ3) is 4.88. The Hall–Kier alpha value is -3.32. The van der Waals surface area contributed by atoms with Gasteiger partial charge in [-0.2, -0.15) is 0 Å². The molecular weight excluding hydrogens is 412 g/mol. The molecule has 0 aliphatic carbocycles. The van der Waals surface area contributed by atoms with Gasteiger partial charge in [-0.1, -0.05) is 36.4 Å². The average molecular weight is 439 g/mol. The number of aryl methyl sites for hydroxylation is 2. The van der Waals surface area contributed by atoms with Crippen LogP contribution < -0.4 is 14.4 Å². The van der Waals surface area contributed by atoms with E-state index in [1.807, 2.05) is 26.0 Å². The van der Waals surface area contributed by atoms with E-state index in [0.29, 0.717) is 11.4 Å². The molecule has 0 atom stereocenters. The summed E-state index contributed by atoms with van der Waals surface area (Å²) in [5, 5.41) is 2.84. The third-order valence-corrected chi connectivity index (χ3v) is 6.89. The molecule has 6 nitrogen and oxygen atoms in total. The molecule has 0 unspecified atom stereocenters. The van der Waals surface area contributed by atoms with Gasteiger partial charge in [0, 0.05) is 5.69 Å². The number of carbonyl (C=O) groups excluding carboxylic acids is 1. The lowest BCUT2D eigenvalue weighted by atomic mass is 10.1. The van der Waals surface area contributed by atoms with Crippen LogP contribution in [0.4, 0.5) is 11.4 Å². The zero-order chi connectivity index (χ0) is 22.6. The lowest BCUT2D eigenvalue weighted by Crippen LogP contribution is -2.38. The Balaban J connectivity index is 2.01. The summed E-state index contributed by atoms with van der Waals surface area (Å²) in [7, 11) is -2.66. The van der Waals surface area contributed by atoms with Gasteiger partial charge in [-0.25, -0.2) is 8.42 Å². The zero-order valence-electron chi connectivity index (χ0n) is 18.0. The number of rotatable bonds is 7. The molecule has 0 aromatic heterocycles. The van der Waals surface area contributed by atoms with Gasteiger partial charge in [0.15, 0.2) is 0 Å². The quantitative estimate of drug-likeness (QED) is 0.591. The molecule has 31 heavy (non-hydrogen) atoms. The Morgan fingerprint density at radius 2 is 1.68 bits per heavy atom. The minimum Gasteiger partial charge on any atom is -0.495 e. The second-order valence-corrected chi connectivity index (χ2v) is 9.13. The van der Waals surface area contributed by atoms with E-state index in [4.69, 9.17) is 4.74 Å². The van der Waals surface area contributed by atoms with Crippen LogP contribution >= 0.6 is 0 Å². The van der Waals surface area contributed by atoms with Crippen molar-refractivity contribution in [1.29, 1.82) is 0 Å². The van der Waals surface area contributed by atoms with Crippen LogP contribution in [0.1, 0.15) is 16.7 Å². The topological polar surface area (TPSA) is 75.7 Å². The van der Waals surface area contributed by atoms with Crippen LogP contribution in [0.5, 0.6) is 5.75 Å². The van der Waals surface area contributed by atoms with E-state index in [9.17, 15) is 13.2 Å². The summed E-state index contributed by atoms with van der Waals surface area (Å²) < 4.78 is 33.7. The van der Waals surface area contributed by atoms with Gasteiger partial charge in [-0.05, 0) is 67.8 Å². The molecule has 0 heterocycles. The van der Waals surface area contributed by atoms with Gasteiger partial charge in [0.1, 0.15) is 17.2 Å². The number of para-hydroxylation sites is 1. The number of hydrogen-bond donors (Lipinski definition) is 1. The first-order valence-electron chi connectivity index (χ1n) is 9.82. The lowest BCUT2D eigenvalue weighted by molar-refractivity contribution is -0.114. The van der Waals surface area contributed by atoms with Gasteiger partial charge in [0.25, 0.3) is 10.0 Å². The Morgan fingerprint density at radius 1 is 0.968 bits per heavy atom. The number of methoxy groups -OCH3 is 1. The van der Waals surface area contributed by atoms with Crippen LogP contribution in [0.3, 0.4) is 0 Å². The second-order valence-electron chi connectivity index (χ2n) is 7.30. The molecule has 0 spiro atoms. The number of nitrogens with one attached hydrogen (secondary N) is 1. The molecule has 0 saturated carbocycles. The summed E-state index contributed by atoms with van der Waals surface area (Å²) in [6, 6.07) is 19.1. The first-order valence-corrected chi connectivity index (χ1v) is 11.3. The van der Waals surface area contributed by atoms with Crippen molar-refractivity contribution >= 4 is 27.3 Å². The van der Waals surface area contributed by atoms with Crippen LogP contribution in [-0.2, 0) is 14.8 Å². The van der Waals surface area contributed by atoms with Crippen LogP contribution in [0, 0.1) is 20.8 Å². The molecule has 0 fully saturated rings. The number of anilines is 2. The van der Waals surface area contributed by atoms with E-state index in [-0.39, 0.29) is 17.2 Å². The molecule has 162 valence electrons. The average Bonchev–Trinajstić information content (AvgIpc) is 2.75. The smallest absolute Gasteiger partial charge is 0.268 e. The summed E-state index contributed by atoms with van der Waals surface area (Å²) in [6.07, 6.45) is 0. The van der Waals surface area contributed by atoms with Crippen molar-refractivity contribution in [1.82, 2.24) is 0 Å². The highest BCUT2D eigenvalue weighted by Crippen LogP contribution is 2.31. The van der Waals surface area contributed by atoms with Crippen molar-refractivity contribution in [3.8, 4) is 5.75 Å². The first-order chi connectivity index (χ1) is 14.7. The Morgan fingerprint density at radius 3 is 2.35 bits per heavy atom. The third-order valence-electron chi connectivity index (χ3n) is 5.10. The van der Waals surface area contributed by atoms with E-state index in [1.165, 1.54) is 7.11 Å². The number of hydrogen-bond acceptors (Lipinski definition) is 4. The molecule has 0 aliphatic rings. The Kier molecular flexibility index (Phi) is 6.65. The van der Waals surface area contributed by atoms with Crippen LogP contribution in [0.25, 0.3) is 0 Å². The first kappa shape index (κ1) is 22.4. The van der Waals surface area contributed by atoms with Gasteiger partial charge in [-0.15, -0.1) is 0 Å². The van der Waals surface area contributed by atoms with E-state index >= 15 is 0 Å². The van der Waals surface area contributed by atoms with Gasteiger partial charge >= 0.3 is 0 Å². The SMILES string of the molecule is COc1ccc(C)cc1S(=O)(=O)N(CC(=O)Nc1cccc(C)c1C)c1ccccc1. The molecule has 1 amide bonds. The van der Waals surface area contributed by atoms with Gasteiger partial charge in [0.05, 0.1) is 12.8 Å². The number of nitrogens with zero attached hydrogens (tertiary/aromatic N) is 1. The van der Waals surface area contributed by atoms with Crippen LogP contribution in [0.2, 0.25) is 0 Å². The molecule has 0 saturated heterocycles. The number of benzene rings is 3. The Bertz CT molecular complexity index is 1190. The van der Waals surface area contributed by atoms with Crippen molar-refractivity contribution in [2.75, 3.05) is 23.3 Å². The molecule has 7 heteroatoms. The van der Waals surface area contributed by atoms with Gasteiger partial charge in [0.2, 0.25) is 5.91 Å². The summed E-state index contributed by atoms with van der Waals surface area (Å²) >= 11 is 0. The second kappa shape index (κ2) is 9.22. The molecule has 1 N–H and O–H groups in total. The van der Waals surface area contributed by atoms with E-state index in [1.54, 1.807) is 61.5 Å². The van der Waals surface area contributed by atoms with Crippen molar-refractivity contribution in [2.24, 2.45) is 0 Å². The van der Waals surface area contributed by atoms with Crippen LogP contribution in [-0.4, -0.2) is 28.0 Å². The molecule has 3 rings (SSSR count). The number of sulfonamides is 1. The summed E-state index contributed by atoms with van der Waals surface area (Å²) in [5.74, 6) is -0.214. The van der Waals surface area contributed by atoms with E-state index in [2.05, 4.69) is 5.32 Å². The zero-order valence-corrected chi connectivity index (χ0v) is 18.9. The fourth-order valence-corrected chi connectivity index (χ4v) is 4.88. The predicted octanol–water partition coefficient (Wildman–Crippen LogP) is 4.45. The highest BCUT2D eigenvalue weighted by atomic mass is 32.2. The largest absolute Gasteiger partial charge is 0.495 e. The maximum absolute atomic E-state index is 13.6. The highest BCUT2D eigenvalue weighted by molar-refractivity contribution is 7.93. The summed E-state index contributed by atoms with van der Waals surface area (Å²) in [4.78, 5) is 12.9. The van der Waals surface area contributed by atoms with Crippen LogP contribution in [0.15, 0.2) is 71.6 Å².